The third-order valence-corrected chi connectivity index (χ3v) is 6.81. The van der Waals surface area contributed by atoms with Crippen molar-refractivity contribution in [1.82, 2.24) is 10.2 Å². The molecule has 170 valence electrons. The highest BCUT2D eigenvalue weighted by molar-refractivity contribution is 7.99. The quantitative estimate of drug-likeness (QED) is 0.292. The number of aliphatic carboxylic acids is 1. The van der Waals surface area contributed by atoms with Gasteiger partial charge in [-0.15, -0.1) is 11.8 Å². The third kappa shape index (κ3) is 5.22. The summed E-state index contributed by atoms with van der Waals surface area (Å²) in [7, 11) is 0. The van der Waals surface area contributed by atoms with Gasteiger partial charge in [-0.25, -0.2) is 0 Å². The molecule has 33 heavy (non-hydrogen) atoms. The van der Waals surface area contributed by atoms with E-state index in [1.54, 1.807) is 6.20 Å². The first-order chi connectivity index (χ1) is 15.7. The number of rotatable bonds is 7. The van der Waals surface area contributed by atoms with Crippen LogP contribution in [0.1, 0.15) is 39.5 Å². The summed E-state index contributed by atoms with van der Waals surface area (Å²) >= 11 is 1.53. The summed E-state index contributed by atoms with van der Waals surface area (Å²) in [5, 5.41) is 16.7. The zero-order chi connectivity index (χ0) is 23.6. The molecule has 0 amide bonds. The van der Waals surface area contributed by atoms with Crippen LogP contribution in [0.15, 0.2) is 71.8 Å². The van der Waals surface area contributed by atoms with Gasteiger partial charge in [-0.2, -0.15) is 18.3 Å². The standard InChI is InChI=1S/C25H21F3N2O2S/c1-15-13-19(11-7-16(15)8-12-23(31)32)33-24(17-5-9-18(10-6-17)25(26,27)28)20-3-2-4-22-21(20)14-29-30-22/h2-7,9-11,13-14,24H,8,12H2,1H3,(H,29,30)(H,31,32). The van der Waals surface area contributed by atoms with Crippen LogP contribution >= 0.6 is 11.8 Å². The normalized spacial score (nSPS) is 12.7. The van der Waals surface area contributed by atoms with Crippen LogP contribution in [0.3, 0.4) is 0 Å². The Labute approximate surface area is 192 Å². The van der Waals surface area contributed by atoms with Crippen molar-refractivity contribution in [2.24, 2.45) is 0 Å². The number of aryl methyl sites for hydroxylation is 2. The van der Waals surface area contributed by atoms with Gasteiger partial charge in [0.25, 0.3) is 0 Å². The number of carboxylic acid groups (broad SMARTS) is 1. The molecule has 1 aromatic heterocycles. The second-order valence-corrected chi connectivity index (χ2v) is 8.96. The fourth-order valence-corrected chi connectivity index (χ4v) is 5.07. The highest BCUT2D eigenvalue weighted by Gasteiger charge is 2.30. The molecule has 1 heterocycles. The van der Waals surface area contributed by atoms with Gasteiger partial charge in [-0.3, -0.25) is 9.89 Å². The van der Waals surface area contributed by atoms with Crippen molar-refractivity contribution in [3.63, 3.8) is 0 Å². The maximum Gasteiger partial charge on any atom is 0.416 e. The Morgan fingerprint density at radius 1 is 1.12 bits per heavy atom. The molecule has 3 aromatic carbocycles. The molecule has 0 spiro atoms. The van der Waals surface area contributed by atoms with Gasteiger partial charge in [0, 0.05) is 16.7 Å². The van der Waals surface area contributed by atoms with Gasteiger partial charge in [0.1, 0.15) is 0 Å². The number of fused-ring (bicyclic) bond motifs is 1. The van der Waals surface area contributed by atoms with Crippen LogP contribution in [0, 0.1) is 6.92 Å². The molecule has 8 heteroatoms. The summed E-state index contributed by atoms with van der Waals surface area (Å²) in [5.74, 6) is -0.844. The Bertz CT molecular complexity index is 1280. The van der Waals surface area contributed by atoms with Crippen molar-refractivity contribution in [2.75, 3.05) is 0 Å². The summed E-state index contributed by atoms with van der Waals surface area (Å²) in [6.07, 6.45) is -2.16. The second-order valence-electron chi connectivity index (χ2n) is 7.78. The SMILES string of the molecule is Cc1cc(SC(c2ccc(C(F)(F)F)cc2)c2cccc3[nH]ncc23)ccc1CCC(=O)O. The molecule has 2 N–H and O–H groups in total. The minimum atomic E-state index is -4.39. The van der Waals surface area contributed by atoms with Crippen LogP contribution in [0.5, 0.6) is 0 Å². The lowest BCUT2D eigenvalue weighted by molar-refractivity contribution is -0.138. The number of alkyl halides is 3. The first-order valence-electron chi connectivity index (χ1n) is 10.3. The summed E-state index contributed by atoms with van der Waals surface area (Å²) in [6.45, 7) is 1.94. The maximum atomic E-state index is 13.1. The topological polar surface area (TPSA) is 66.0 Å². The van der Waals surface area contributed by atoms with Crippen molar-refractivity contribution >= 4 is 28.6 Å². The van der Waals surface area contributed by atoms with Gasteiger partial charge in [0.15, 0.2) is 0 Å². The van der Waals surface area contributed by atoms with E-state index in [1.807, 2.05) is 43.3 Å². The van der Waals surface area contributed by atoms with E-state index in [9.17, 15) is 18.0 Å². The van der Waals surface area contributed by atoms with Gasteiger partial charge >= 0.3 is 12.1 Å². The Hall–Kier alpha value is -3.26. The Kier molecular flexibility index (Phi) is 6.47. The lowest BCUT2D eigenvalue weighted by Gasteiger charge is -2.20. The monoisotopic (exact) mass is 470 g/mol. The van der Waals surface area contributed by atoms with E-state index in [2.05, 4.69) is 10.2 Å². The molecule has 0 saturated carbocycles. The van der Waals surface area contributed by atoms with Crippen LogP contribution < -0.4 is 0 Å². The summed E-state index contributed by atoms with van der Waals surface area (Å²) < 4.78 is 39.3. The first kappa shape index (κ1) is 22.9. The second kappa shape index (κ2) is 9.31. The predicted molar refractivity (Wildman–Crippen MR) is 122 cm³/mol. The molecule has 0 bridgehead atoms. The van der Waals surface area contributed by atoms with Crippen molar-refractivity contribution in [1.29, 1.82) is 0 Å². The number of nitrogens with zero attached hydrogens (tertiary/aromatic N) is 1. The van der Waals surface area contributed by atoms with Crippen LogP contribution in [-0.4, -0.2) is 21.3 Å². The minimum Gasteiger partial charge on any atom is -0.481 e. The van der Waals surface area contributed by atoms with Crippen LogP contribution in [0.4, 0.5) is 13.2 Å². The number of aromatic nitrogens is 2. The van der Waals surface area contributed by atoms with Crippen molar-refractivity contribution in [3.8, 4) is 0 Å². The predicted octanol–water partition coefficient (Wildman–Crippen LogP) is 6.79. The Morgan fingerprint density at radius 2 is 1.88 bits per heavy atom. The number of carbonyl (C=O) groups is 1. The molecule has 0 saturated heterocycles. The number of H-pyrrole nitrogens is 1. The Morgan fingerprint density at radius 3 is 2.55 bits per heavy atom. The molecule has 4 nitrogen and oxygen atoms in total. The largest absolute Gasteiger partial charge is 0.481 e. The average molecular weight is 471 g/mol. The molecule has 4 rings (SSSR count). The van der Waals surface area contributed by atoms with E-state index >= 15 is 0 Å². The van der Waals surface area contributed by atoms with E-state index < -0.39 is 17.7 Å². The smallest absolute Gasteiger partial charge is 0.416 e. The fourth-order valence-electron chi connectivity index (χ4n) is 3.78. The number of hydrogen-bond donors (Lipinski definition) is 2. The number of aromatic amines is 1. The molecule has 0 fully saturated rings. The van der Waals surface area contributed by atoms with Gasteiger partial charge in [-0.05, 0) is 65.9 Å². The van der Waals surface area contributed by atoms with Crippen molar-refractivity contribution in [2.45, 2.75) is 36.1 Å². The molecule has 0 radical (unpaired) electrons. The lowest BCUT2D eigenvalue weighted by atomic mass is 10.00. The Balaban J connectivity index is 1.72. The van der Waals surface area contributed by atoms with E-state index in [4.69, 9.17) is 5.11 Å². The number of thioether (sulfide) groups is 1. The average Bonchev–Trinajstić information content (AvgIpc) is 3.25. The van der Waals surface area contributed by atoms with Crippen molar-refractivity contribution in [3.05, 3.63) is 94.7 Å². The van der Waals surface area contributed by atoms with Crippen LogP contribution in [0.2, 0.25) is 0 Å². The number of carboxylic acids is 1. The highest BCUT2D eigenvalue weighted by Crippen LogP contribution is 2.44. The molecule has 0 aliphatic rings. The van der Waals surface area contributed by atoms with E-state index in [0.717, 1.165) is 50.2 Å². The minimum absolute atomic E-state index is 0.0595. The molecule has 1 atom stereocenters. The summed E-state index contributed by atoms with van der Waals surface area (Å²) in [4.78, 5) is 11.8. The van der Waals surface area contributed by atoms with E-state index in [-0.39, 0.29) is 11.7 Å². The van der Waals surface area contributed by atoms with E-state index in [0.29, 0.717) is 6.42 Å². The van der Waals surface area contributed by atoms with E-state index in [1.165, 1.54) is 23.9 Å². The maximum absolute atomic E-state index is 13.1. The molecular weight excluding hydrogens is 449 g/mol. The number of hydrogen-bond acceptors (Lipinski definition) is 3. The fraction of sp³-hybridized carbons (Fsp3) is 0.200. The molecule has 1 unspecified atom stereocenters. The molecule has 0 aliphatic carbocycles. The number of halogens is 3. The van der Waals surface area contributed by atoms with Gasteiger partial charge in [0.2, 0.25) is 0 Å². The van der Waals surface area contributed by atoms with Gasteiger partial charge < -0.3 is 5.11 Å². The van der Waals surface area contributed by atoms with Gasteiger partial charge in [0.05, 0.1) is 22.5 Å². The number of nitrogens with one attached hydrogen (secondary N) is 1. The van der Waals surface area contributed by atoms with Crippen molar-refractivity contribution < 1.29 is 23.1 Å². The molecular formula is C25H21F3N2O2S. The summed E-state index contributed by atoms with van der Waals surface area (Å²) in [6, 6.07) is 16.9. The zero-order valence-corrected chi connectivity index (χ0v) is 18.5. The molecule has 4 aromatic rings. The zero-order valence-electron chi connectivity index (χ0n) is 17.7. The third-order valence-electron chi connectivity index (χ3n) is 5.52. The first-order valence-corrected chi connectivity index (χ1v) is 11.2. The highest BCUT2D eigenvalue weighted by atomic mass is 32.2. The molecule has 0 aliphatic heterocycles. The van der Waals surface area contributed by atoms with Crippen LogP contribution in [-0.2, 0) is 17.4 Å². The lowest BCUT2D eigenvalue weighted by Crippen LogP contribution is -2.05. The van der Waals surface area contributed by atoms with Gasteiger partial charge in [-0.1, -0.05) is 30.3 Å². The van der Waals surface area contributed by atoms with Crippen LogP contribution in [0.25, 0.3) is 10.9 Å². The number of benzene rings is 3. The summed E-state index contributed by atoms with van der Waals surface area (Å²) in [5.41, 5.74) is 3.80.